The molecule has 0 N–H and O–H groups in total. The Labute approximate surface area is 145 Å². The van der Waals surface area contributed by atoms with E-state index in [1.807, 2.05) is 37.3 Å². The molecule has 0 amide bonds. The minimum absolute atomic E-state index is 0.146. The smallest absolute Gasteiger partial charge is 0.304 e. The molecule has 2 rings (SSSR count). The normalized spacial score (nSPS) is 24.0. The van der Waals surface area contributed by atoms with Crippen LogP contribution in [0, 0.1) is 17.8 Å². The first-order valence-corrected chi connectivity index (χ1v) is 8.63. The molecule has 4 heteroatoms. The van der Waals surface area contributed by atoms with Crippen LogP contribution in [0.5, 0.6) is 0 Å². The van der Waals surface area contributed by atoms with Crippen molar-refractivity contribution in [3.05, 3.63) is 35.9 Å². The molecule has 0 spiro atoms. The average Bonchev–Trinajstić information content (AvgIpc) is 2.57. The third-order valence-electron chi connectivity index (χ3n) is 4.40. The molecule has 0 aromatic heterocycles. The molecular formula is C20H27NO3. The molecule has 1 fully saturated rings. The van der Waals surface area contributed by atoms with Crippen LogP contribution < -0.4 is 0 Å². The predicted molar refractivity (Wildman–Crippen MR) is 94.5 cm³/mol. The average molecular weight is 329 g/mol. The van der Waals surface area contributed by atoms with Gasteiger partial charge >= 0.3 is 5.97 Å². The highest BCUT2D eigenvalue weighted by Gasteiger charge is 2.42. The Morgan fingerprint density at radius 2 is 2.12 bits per heavy atom. The second-order valence-corrected chi connectivity index (χ2v) is 6.25. The second kappa shape index (κ2) is 8.86. The number of nitrogens with zero attached hydrogens (tertiary/aromatic N) is 1. The van der Waals surface area contributed by atoms with Crippen LogP contribution in [-0.4, -0.2) is 49.3 Å². The molecule has 24 heavy (non-hydrogen) atoms. The molecule has 1 aliphatic rings. The van der Waals surface area contributed by atoms with Crippen molar-refractivity contribution >= 4 is 5.97 Å². The summed E-state index contributed by atoms with van der Waals surface area (Å²) in [5.41, 5.74) is 0.235. The number of esters is 1. The summed E-state index contributed by atoms with van der Waals surface area (Å²) in [6.45, 7) is 9.65. The number of piperidine rings is 1. The highest BCUT2D eigenvalue weighted by molar-refractivity contribution is 5.67. The van der Waals surface area contributed by atoms with Crippen molar-refractivity contribution < 1.29 is 14.3 Å². The third-order valence-corrected chi connectivity index (χ3v) is 4.40. The maximum absolute atomic E-state index is 11.6. The Kier molecular flexibility index (Phi) is 6.84. The van der Waals surface area contributed by atoms with Gasteiger partial charge in [0, 0.05) is 51.1 Å². The van der Waals surface area contributed by atoms with E-state index in [0.29, 0.717) is 0 Å². The van der Waals surface area contributed by atoms with Crippen molar-refractivity contribution in [3.63, 3.8) is 0 Å². The lowest BCUT2D eigenvalue weighted by atomic mass is 9.82. The van der Waals surface area contributed by atoms with Gasteiger partial charge in [0.2, 0.25) is 0 Å². The summed E-state index contributed by atoms with van der Waals surface area (Å²) in [7, 11) is 0. The van der Waals surface area contributed by atoms with Crippen molar-refractivity contribution in [2.24, 2.45) is 5.92 Å². The quantitative estimate of drug-likeness (QED) is 0.473. The van der Waals surface area contributed by atoms with Gasteiger partial charge in [0.15, 0.2) is 5.60 Å². The van der Waals surface area contributed by atoms with Gasteiger partial charge in [-0.3, -0.25) is 4.79 Å². The number of benzene rings is 1. The largest absolute Gasteiger partial charge is 0.446 e. The number of rotatable bonds is 5. The van der Waals surface area contributed by atoms with Gasteiger partial charge in [0.1, 0.15) is 0 Å². The maximum Gasteiger partial charge on any atom is 0.304 e. The summed E-state index contributed by atoms with van der Waals surface area (Å²) in [6.07, 6.45) is 0.722. The third kappa shape index (κ3) is 5.09. The minimum Gasteiger partial charge on any atom is -0.446 e. The van der Waals surface area contributed by atoms with E-state index < -0.39 is 5.60 Å². The van der Waals surface area contributed by atoms with Crippen molar-refractivity contribution in [1.29, 1.82) is 0 Å². The molecule has 0 aliphatic carbocycles. The molecule has 0 bridgehead atoms. The van der Waals surface area contributed by atoms with Crippen LogP contribution in [-0.2, 0) is 14.3 Å². The fraction of sp³-hybridized carbons (Fsp3) is 0.550. The van der Waals surface area contributed by atoms with Crippen molar-refractivity contribution in [2.75, 3.05) is 32.8 Å². The van der Waals surface area contributed by atoms with Gasteiger partial charge in [0.05, 0.1) is 6.61 Å². The molecule has 130 valence electrons. The van der Waals surface area contributed by atoms with Crippen molar-refractivity contribution in [3.8, 4) is 11.8 Å². The van der Waals surface area contributed by atoms with Crippen LogP contribution in [0.25, 0.3) is 0 Å². The molecular weight excluding hydrogens is 302 g/mol. The maximum atomic E-state index is 11.6. The Morgan fingerprint density at radius 1 is 1.38 bits per heavy atom. The van der Waals surface area contributed by atoms with Crippen LogP contribution in [0.3, 0.4) is 0 Å². The monoisotopic (exact) mass is 329 g/mol. The number of likely N-dealkylation sites (tertiary alicyclic amines) is 1. The van der Waals surface area contributed by atoms with Crippen molar-refractivity contribution in [1.82, 2.24) is 4.90 Å². The minimum atomic E-state index is -0.705. The first kappa shape index (κ1) is 18.5. The summed E-state index contributed by atoms with van der Waals surface area (Å²) >= 11 is 0. The summed E-state index contributed by atoms with van der Waals surface area (Å²) in [6, 6.07) is 9.82. The van der Waals surface area contributed by atoms with Crippen LogP contribution >= 0.6 is 0 Å². The van der Waals surface area contributed by atoms with Gasteiger partial charge in [-0.1, -0.05) is 31.0 Å². The van der Waals surface area contributed by atoms with Gasteiger partial charge in [-0.2, -0.15) is 0 Å². The van der Waals surface area contributed by atoms with E-state index >= 15 is 0 Å². The summed E-state index contributed by atoms with van der Waals surface area (Å²) < 4.78 is 11.2. The second-order valence-electron chi connectivity index (χ2n) is 6.25. The first-order valence-electron chi connectivity index (χ1n) is 8.63. The molecule has 1 aromatic carbocycles. The summed E-state index contributed by atoms with van der Waals surface area (Å²) in [5.74, 6) is 6.33. The zero-order chi connectivity index (χ0) is 17.4. The van der Waals surface area contributed by atoms with Crippen LogP contribution in [0.1, 0.15) is 32.8 Å². The van der Waals surface area contributed by atoms with Crippen LogP contribution in [0.15, 0.2) is 30.3 Å². The highest BCUT2D eigenvalue weighted by atomic mass is 16.6. The molecule has 0 radical (unpaired) electrons. The topological polar surface area (TPSA) is 38.8 Å². The van der Waals surface area contributed by atoms with Crippen LogP contribution in [0.2, 0.25) is 0 Å². The Balaban J connectivity index is 2.11. The lowest BCUT2D eigenvalue weighted by molar-refractivity contribution is -0.160. The van der Waals surface area contributed by atoms with Crippen molar-refractivity contribution in [2.45, 2.75) is 32.8 Å². The molecule has 0 saturated carbocycles. The molecule has 1 aromatic rings. The van der Waals surface area contributed by atoms with E-state index in [4.69, 9.17) is 9.47 Å². The van der Waals surface area contributed by atoms with Gasteiger partial charge < -0.3 is 14.4 Å². The Bertz CT molecular complexity index is 590. The van der Waals surface area contributed by atoms with Gasteiger partial charge in [-0.25, -0.2) is 0 Å². The summed E-state index contributed by atoms with van der Waals surface area (Å²) in [4.78, 5) is 14.0. The molecule has 1 saturated heterocycles. The first-order chi connectivity index (χ1) is 11.6. The van der Waals surface area contributed by atoms with E-state index in [-0.39, 0.29) is 11.9 Å². The lowest BCUT2D eigenvalue weighted by Crippen LogP contribution is -2.52. The zero-order valence-electron chi connectivity index (χ0n) is 14.9. The van der Waals surface area contributed by atoms with E-state index in [2.05, 4.69) is 23.7 Å². The number of carbonyl (C=O) groups excluding carboxylic acids is 1. The molecule has 1 heterocycles. The number of carbonyl (C=O) groups is 1. The Hall–Kier alpha value is -1.83. The van der Waals surface area contributed by atoms with Crippen LogP contribution in [0.4, 0.5) is 0 Å². The fourth-order valence-electron chi connectivity index (χ4n) is 3.06. The standard InChI is InChI=1S/C20H27NO3/c1-4-23-15-14-21-13-12-20(17(2)16-21,24-18(3)22)11-10-19-8-6-5-7-9-19/h5-9,17H,4,12-16H2,1-3H3/t17-,20+/m0/s1. The Morgan fingerprint density at radius 3 is 2.75 bits per heavy atom. The molecule has 1 aliphatic heterocycles. The fourth-order valence-corrected chi connectivity index (χ4v) is 3.06. The van der Waals surface area contributed by atoms with Gasteiger partial charge in [0.25, 0.3) is 0 Å². The van der Waals surface area contributed by atoms with E-state index in [1.165, 1.54) is 6.92 Å². The van der Waals surface area contributed by atoms with E-state index in [1.54, 1.807) is 0 Å². The highest BCUT2D eigenvalue weighted by Crippen LogP contribution is 2.31. The van der Waals surface area contributed by atoms with E-state index in [0.717, 1.165) is 44.8 Å². The molecule has 0 unspecified atom stereocenters. The molecule has 2 atom stereocenters. The predicted octanol–water partition coefficient (Wildman–Crippen LogP) is 2.72. The number of ether oxygens (including phenoxy) is 2. The SMILES string of the molecule is CCOCCN1CC[C@@](C#Cc2ccccc2)(OC(C)=O)[C@@H](C)C1. The van der Waals surface area contributed by atoms with Gasteiger partial charge in [-0.15, -0.1) is 0 Å². The lowest BCUT2D eigenvalue weighted by Gasteiger charge is -2.42. The zero-order valence-corrected chi connectivity index (χ0v) is 14.9. The van der Waals surface area contributed by atoms with E-state index in [9.17, 15) is 4.79 Å². The van der Waals surface area contributed by atoms with Gasteiger partial charge in [-0.05, 0) is 25.0 Å². The number of hydrogen-bond donors (Lipinski definition) is 0. The summed E-state index contributed by atoms with van der Waals surface area (Å²) in [5, 5.41) is 0. The number of hydrogen-bond acceptors (Lipinski definition) is 4. The molecule has 4 nitrogen and oxygen atoms in total.